The smallest absolute Gasteiger partial charge is 0.425 e. The lowest BCUT2D eigenvalue weighted by Gasteiger charge is -2.35. The quantitative estimate of drug-likeness (QED) is 0.507. The van der Waals surface area contributed by atoms with Gasteiger partial charge >= 0.3 is 16.3 Å². The van der Waals surface area contributed by atoms with E-state index < -0.39 is 28.5 Å². The SMILES string of the molecule is C/C(=C\c1coc(CN2Cc3ccccc3C2)cc1=O)C1CCN(S(=O)(=O)N(CCO)C(=O)OC(C)(C)C)CC1. The molecule has 1 N–H and O–H groups in total. The number of fused-ring (bicyclic) bond motifs is 1. The molecule has 0 aliphatic carbocycles. The summed E-state index contributed by atoms with van der Waals surface area (Å²) in [5.74, 6) is 0.685. The molecular formula is C29H39N3O7S. The molecule has 0 atom stereocenters. The van der Waals surface area contributed by atoms with Crippen molar-refractivity contribution in [2.75, 3.05) is 26.2 Å². The molecule has 3 heterocycles. The minimum atomic E-state index is -4.16. The second-order valence-electron chi connectivity index (χ2n) is 11.4. The average molecular weight is 574 g/mol. The van der Waals surface area contributed by atoms with Crippen molar-refractivity contribution in [2.45, 2.75) is 65.8 Å². The van der Waals surface area contributed by atoms with E-state index >= 15 is 0 Å². The van der Waals surface area contributed by atoms with Gasteiger partial charge in [0.15, 0.2) is 5.43 Å². The van der Waals surface area contributed by atoms with Gasteiger partial charge in [0.2, 0.25) is 0 Å². The number of benzene rings is 1. The van der Waals surface area contributed by atoms with Crippen molar-refractivity contribution in [1.82, 2.24) is 13.5 Å². The Hall–Kier alpha value is -2.99. The number of hydrogen-bond donors (Lipinski definition) is 1. The zero-order valence-corrected chi connectivity index (χ0v) is 24.4. The van der Waals surface area contributed by atoms with Crippen molar-refractivity contribution in [3.05, 3.63) is 74.8 Å². The summed E-state index contributed by atoms with van der Waals surface area (Å²) in [6.45, 7) is 8.59. The second-order valence-corrected chi connectivity index (χ2v) is 13.3. The highest BCUT2D eigenvalue weighted by atomic mass is 32.2. The predicted molar refractivity (Wildman–Crippen MR) is 151 cm³/mol. The Bertz CT molecular complexity index is 1380. The molecule has 1 fully saturated rings. The Labute approximate surface area is 236 Å². The Morgan fingerprint density at radius 3 is 2.35 bits per heavy atom. The third kappa shape index (κ3) is 7.20. The molecule has 218 valence electrons. The molecule has 11 heteroatoms. The summed E-state index contributed by atoms with van der Waals surface area (Å²) in [6, 6.07) is 9.85. The third-order valence-electron chi connectivity index (χ3n) is 7.19. The monoisotopic (exact) mass is 573 g/mol. The van der Waals surface area contributed by atoms with Gasteiger partial charge in [-0.2, -0.15) is 17.0 Å². The van der Waals surface area contributed by atoms with Crippen molar-refractivity contribution < 1.29 is 27.5 Å². The zero-order valence-electron chi connectivity index (χ0n) is 23.6. The summed E-state index contributed by atoms with van der Waals surface area (Å²) in [5, 5.41) is 9.37. The fourth-order valence-electron chi connectivity index (χ4n) is 5.13. The molecule has 0 unspecified atom stereocenters. The van der Waals surface area contributed by atoms with Gasteiger partial charge < -0.3 is 14.3 Å². The normalized spacial score (nSPS) is 17.6. The largest absolute Gasteiger partial charge is 0.467 e. The molecule has 1 amide bonds. The minimum Gasteiger partial charge on any atom is -0.467 e. The molecule has 0 saturated carbocycles. The number of aliphatic hydroxyl groups is 1. The first-order valence-electron chi connectivity index (χ1n) is 13.6. The molecule has 2 aromatic rings. The Kier molecular flexibility index (Phi) is 9.19. The van der Waals surface area contributed by atoms with Crippen LogP contribution in [0.4, 0.5) is 4.79 Å². The van der Waals surface area contributed by atoms with Crippen LogP contribution < -0.4 is 5.43 Å². The van der Waals surface area contributed by atoms with E-state index in [2.05, 4.69) is 17.0 Å². The van der Waals surface area contributed by atoms with E-state index in [0.717, 1.165) is 18.7 Å². The molecule has 10 nitrogen and oxygen atoms in total. The molecule has 0 radical (unpaired) electrons. The van der Waals surface area contributed by atoms with Gasteiger partial charge in [0.1, 0.15) is 17.6 Å². The number of ether oxygens (including phenoxy) is 1. The number of aliphatic hydroxyl groups excluding tert-OH is 1. The number of allylic oxidation sites excluding steroid dienone is 1. The van der Waals surface area contributed by atoms with Gasteiger partial charge in [-0.05, 0) is 63.7 Å². The van der Waals surface area contributed by atoms with Crippen LogP contribution in [0.25, 0.3) is 6.08 Å². The predicted octanol–water partition coefficient (Wildman–Crippen LogP) is 3.75. The molecule has 1 aromatic heterocycles. The standard InChI is InChI=1S/C29H39N3O7S/c1-21(15-25-20-38-26(16-27(25)34)19-30-17-23-7-5-6-8-24(23)18-30)22-9-11-31(12-10-22)40(36,37)32(13-14-33)28(35)39-29(2,3)4/h5-8,15-16,20,22,33H,9-14,17-19H2,1-4H3/b21-15+. The van der Waals surface area contributed by atoms with Gasteiger partial charge in [0.25, 0.3) is 0 Å². The summed E-state index contributed by atoms with van der Waals surface area (Å²) >= 11 is 0. The topological polar surface area (TPSA) is 121 Å². The summed E-state index contributed by atoms with van der Waals surface area (Å²) in [7, 11) is -4.16. The number of amides is 1. The first-order chi connectivity index (χ1) is 18.9. The average Bonchev–Trinajstić information content (AvgIpc) is 3.30. The molecule has 1 saturated heterocycles. The molecule has 2 aliphatic rings. The van der Waals surface area contributed by atoms with Crippen LogP contribution in [-0.4, -0.2) is 65.0 Å². The summed E-state index contributed by atoms with van der Waals surface area (Å²) in [5.41, 5.74) is 3.02. The van der Waals surface area contributed by atoms with Gasteiger partial charge in [-0.25, -0.2) is 4.79 Å². The van der Waals surface area contributed by atoms with Crippen molar-refractivity contribution >= 4 is 22.4 Å². The van der Waals surface area contributed by atoms with Gasteiger partial charge in [0.05, 0.1) is 25.3 Å². The van der Waals surface area contributed by atoms with Crippen LogP contribution in [0.5, 0.6) is 0 Å². The summed E-state index contributed by atoms with van der Waals surface area (Å²) in [6.07, 6.45) is 3.36. The third-order valence-corrected chi connectivity index (χ3v) is 9.09. The number of rotatable bonds is 8. The number of carbonyl (C=O) groups is 1. The fraction of sp³-hybridized carbons (Fsp3) is 0.517. The Morgan fingerprint density at radius 2 is 1.80 bits per heavy atom. The van der Waals surface area contributed by atoms with E-state index in [-0.39, 0.29) is 31.0 Å². The van der Waals surface area contributed by atoms with Crippen LogP contribution >= 0.6 is 0 Å². The molecule has 4 rings (SSSR count). The number of piperidine rings is 1. The van der Waals surface area contributed by atoms with E-state index in [4.69, 9.17) is 9.15 Å². The number of hydrogen-bond acceptors (Lipinski definition) is 8. The van der Waals surface area contributed by atoms with Crippen LogP contribution in [0.3, 0.4) is 0 Å². The molecule has 0 spiro atoms. The number of carbonyl (C=O) groups excluding carboxylic acids is 1. The molecule has 40 heavy (non-hydrogen) atoms. The first kappa shape index (κ1) is 30.0. The first-order valence-corrected chi connectivity index (χ1v) is 15.0. The molecule has 0 bridgehead atoms. The maximum atomic E-state index is 13.2. The van der Waals surface area contributed by atoms with Crippen molar-refractivity contribution in [2.24, 2.45) is 5.92 Å². The number of nitrogens with zero attached hydrogens (tertiary/aromatic N) is 3. The van der Waals surface area contributed by atoms with Crippen LogP contribution in [-0.2, 0) is 34.6 Å². The van der Waals surface area contributed by atoms with Gasteiger partial charge in [0, 0.05) is 32.2 Å². The maximum absolute atomic E-state index is 13.2. The van der Waals surface area contributed by atoms with Crippen molar-refractivity contribution in [3.63, 3.8) is 0 Å². The van der Waals surface area contributed by atoms with E-state index in [1.165, 1.54) is 21.7 Å². The summed E-state index contributed by atoms with van der Waals surface area (Å²) < 4.78 is 39.3. The van der Waals surface area contributed by atoms with E-state index in [0.29, 0.717) is 35.0 Å². The Balaban J connectivity index is 1.36. The summed E-state index contributed by atoms with van der Waals surface area (Å²) in [4.78, 5) is 27.6. The highest BCUT2D eigenvalue weighted by molar-refractivity contribution is 7.87. The van der Waals surface area contributed by atoms with Crippen molar-refractivity contribution in [1.29, 1.82) is 0 Å². The lowest BCUT2D eigenvalue weighted by atomic mass is 9.90. The van der Waals surface area contributed by atoms with Crippen molar-refractivity contribution in [3.8, 4) is 0 Å². The van der Waals surface area contributed by atoms with Crippen LogP contribution in [0, 0.1) is 5.92 Å². The Morgan fingerprint density at radius 1 is 1.18 bits per heavy atom. The van der Waals surface area contributed by atoms with Crippen LogP contribution in [0.1, 0.15) is 63.0 Å². The lowest BCUT2D eigenvalue weighted by molar-refractivity contribution is 0.0359. The zero-order chi connectivity index (χ0) is 29.1. The highest BCUT2D eigenvalue weighted by Crippen LogP contribution is 2.29. The molecule has 1 aromatic carbocycles. The van der Waals surface area contributed by atoms with Gasteiger partial charge in [-0.3, -0.25) is 9.69 Å². The van der Waals surface area contributed by atoms with E-state index in [9.17, 15) is 23.1 Å². The maximum Gasteiger partial charge on any atom is 0.425 e. The van der Waals surface area contributed by atoms with Gasteiger partial charge in [-0.15, -0.1) is 0 Å². The molecule has 2 aliphatic heterocycles. The van der Waals surface area contributed by atoms with Gasteiger partial charge in [-0.1, -0.05) is 29.8 Å². The van der Waals surface area contributed by atoms with E-state index in [1.54, 1.807) is 26.8 Å². The lowest BCUT2D eigenvalue weighted by Crippen LogP contribution is -2.51. The van der Waals surface area contributed by atoms with Crippen LogP contribution in [0.15, 0.2) is 51.4 Å². The minimum absolute atomic E-state index is 0.0708. The molecular weight excluding hydrogens is 534 g/mol. The fourth-order valence-corrected chi connectivity index (χ4v) is 6.62. The highest BCUT2D eigenvalue weighted by Gasteiger charge is 2.38. The second kappa shape index (κ2) is 12.3. The van der Waals surface area contributed by atoms with Crippen LogP contribution in [0.2, 0.25) is 0 Å². The van der Waals surface area contributed by atoms with E-state index in [1.807, 2.05) is 25.1 Å².